The van der Waals surface area contributed by atoms with Gasteiger partial charge in [-0.1, -0.05) is 19.0 Å². The van der Waals surface area contributed by atoms with E-state index in [1.54, 1.807) is 0 Å². The van der Waals surface area contributed by atoms with E-state index >= 15 is 0 Å². The number of hydrogen-bond donors (Lipinski definition) is 0. The van der Waals surface area contributed by atoms with Crippen LogP contribution >= 0.6 is 0 Å². The molecule has 24 heavy (non-hydrogen) atoms. The van der Waals surface area contributed by atoms with E-state index in [9.17, 15) is 4.79 Å². The summed E-state index contributed by atoms with van der Waals surface area (Å²) in [5, 5.41) is 3.93. The molecule has 1 aliphatic heterocycles. The minimum absolute atomic E-state index is 0.146. The van der Waals surface area contributed by atoms with Crippen molar-refractivity contribution in [3.63, 3.8) is 0 Å². The number of imidazole rings is 1. The Hall–Kier alpha value is -2.18. The molecule has 0 aromatic carbocycles. The van der Waals surface area contributed by atoms with Crippen molar-refractivity contribution < 1.29 is 9.32 Å². The zero-order valence-corrected chi connectivity index (χ0v) is 14.8. The largest absolute Gasteiger partial charge is 0.342 e. The van der Waals surface area contributed by atoms with Gasteiger partial charge in [0.25, 0.3) is 0 Å². The fraction of sp³-hybridized carbons (Fsp3) is 0.647. The highest BCUT2D eigenvalue weighted by Gasteiger charge is 2.29. The molecule has 1 fully saturated rings. The van der Waals surface area contributed by atoms with Crippen molar-refractivity contribution in [1.82, 2.24) is 24.6 Å². The zero-order chi connectivity index (χ0) is 17.3. The quantitative estimate of drug-likeness (QED) is 0.839. The molecule has 0 aliphatic carbocycles. The topological polar surface area (TPSA) is 77.0 Å². The molecule has 7 nitrogen and oxygen atoms in total. The van der Waals surface area contributed by atoms with E-state index in [0.29, 0.717) is 30.5 Å². The Morgan fingerprint density at radius 1 is 1.42 bits per heavy atom. The first kappa shape index (κ1) is 16.7. The third kappa shape index (κ3) is 3.49. The van der Waals surface area contributed by atoms with Gasteiger partial charge in [0.05, 0.1) is 5.69 Å². The van der Waals surface area contributed by atoms with Crippen molar-refractivity contribution in [2.45, 2.75) is 51.9 Å². The summed E-state index contributed by atoms with van der Waals surface area (Å²) < 4.78 is 7.27. The van der Waals surface area contributed by atoms with E-state index in [4.69, 9.17) is 4.52 Å². The molecule has 7 heteroatoms. The Bertz CT molecular complexity index is 718. The second-order valence-electron chi connectivity index (χ2n) is 6.88. The summed E-state index contributed by atoms with van der Waals surface area (Å²) in [5.74, 6) is 3.02. The Labute approximate surface area is 142 Å². The van der Waals surface area contributed by atoms with Crippen LogP contribution in [-0.2, 0) is 18.3 Å². The predicted octanol–water partition coefficient (Wildman–Crippen LogP) is 2.18. The summed E-state index contributed by atoms with van der Waals surface area (Å²) >= 11 is 0. The van der Waals surface area contributed by atoms with Crippen LogP contribution < -0.4 is 0 Å². The molecule has 2 aromatic rings. The minimum Gasteiger partial charge on any atom is -0.342 e. The van der Waals surface area contributed by atoms with Crippen molar-refractivity contribution in [2.24, 2.45) is 7.05 Å². The Morgan fingerprint density at radius 3 is 2.83 bits per heavy atom. The summed E-state index contributed by atoms with van der Waals surface area (Å²) in [4.78, 5) is 23.3. The van der Waals surface area contributed by atoms with Gasteiger partial charge in [0.15, 0.2) is 5.82 Å². The number of nitrogens with zero attached hydrogens (tertiary/aromatic N) is 5. The van der Waals surface area contributed by atoms with Crippen LogP contribution in [0.5, 0.6) is 0 Å². The first-order valence-corrected chi connectivity index (χ1v) is 8.54. The lowest BCUT2D eigenvalue weighted by atomic mass is 10.1. The van der Waals surface area contributed by atoms with Crippen LogP contribution in [0.25, 0.3) is 0 Å². The van der Waals surface area contributed by atoms with Gasteiger partial charge in [-0.15, -0.1) is 0 Å². The second-order valence-corrected chi connectivity index (χ2v) is 6.88. The van der Waals surface area contributed by atoms with E-state index in [1.165, 1.54) is 0 Å². The molecule has 0 bridgehead atoms. The molecule has 1 amide bonds. The molecule has 3 rings (SSSR count). The highest BCUT2D eigenvalue weighted by molar-refractivity contribution is 5.76. The molecule has 2 aromatic heterocycles. The van der Waals surface area contributed by atoms with Gasteiger partial charge < -0.3 is 14.0 Å². The molecule has 0 unspecified atom stereocenters. The average molecular weight is 331 g/mol. The van der Waals surface area contributed by atoms with Crippen molar-refractivity contribution >= 4 is 5.91 Å². The highest BCUT2D eigenvalue weighted by atomic mass is 16.5. The molecule has 0 radical (unpaired) electrons. The van der Waals surface area contributed by atoms with Crippen LogP contribution in [0.2, 0.25) is 0 Å². The van der Waals surface area contributed by atoms with Gasteiger partial charge in [-0.3, -0.25) is 4.79 Å². The van der Waals surface area contributed by atoms with Crippen molar-refractivity contribution in [2.75, 3.05) is 13.1 Å². The Morgan fingerprint density at radius 2 is 2.21 bits per heavy atom. The number of likely N-dealkylation sites (tertiary alicyclic amines) is 1. The standard InChI is InChI=1S/C17H25N5O2/c1-11(2)16-19-14(24-20-16)5-6-15(23)22-8-7-13(10-22)17-18-12(3)9-21(17)4/h9,11,13H,5-8,10H2,1-4H3/t13-/m1/s1. The van der Waals surface area contributed by atoms with Gasteiger partial charge in [-0.05, 0) is 13.3 Å². The predicted molar refractivity (Wildman–Crippen MR) is 88.6 cm³/mol. The van der Waals surface area contributed by atoms with Gasteiger partial charge in [-0.2, -0.15) is 4.98 Å². The third-order valence-corrected chi connectivity index (χ3v) is 4.49. The maximum Gasteiger partial charge on any atom is 0.227 e. The van der Waals surface area contributed by atoms with E-state index in [1.807, 2.05) is 38.9 Å². The maximum absolute atomic E-state index is 12.4. The third-order valence-electron chi connectivity index (χ3n) is 4.49. The lowest BCUT2D eigenvalue weighted by Crippen LogP contribution is -2.28. The number of carbonyl (C=O) groups excluding carboxylic acids is 1. The van der Waals surface area contributed by atoms with Crippen LogP contribution in [0.3, 0.4) is 0 Å². The SMILES string of the molecule is Cc1cn(C)c([C@@H]2CCN(C(=O)CCc3nc(C(C)C)no3)C2)n1. The molecule has 0 saturated carbocycles. The van der Waals surface area contributed by atoms with E-state index in [-0.39, 0.29) is 11.8 Å². The highest BCUT2D eigenvalue weighted by Crippen LogP contribution is 2.26. The monoisotopic (exact) mass is 331 g/mol. The molecule has 3 heterocycles. The molecular weight excluding hydrogens is 306 g/mol. The lowest BCUT2D eigenvalue weighted by molar-refractivity contribution is -0.130. The molecular formula is C17H25N5O2. The van der Waals surface area contributed by atoms with Gasteiger partial charge in [0.2, 0.25) is 11.8 Å². The van der Waals surface area contributed by atoms with Crippen LogP contribution in [-0.4, -0.2) is 43.6 Å². The molecule has 130 valence electrons. The number of aryl methyl sites for hydroxylation is 3. The number of aromatic nitrogens is 4. The second kappa shape index (κ2) is 6.75. The average Bonchev–Trinajstić information content (AvgIpc) is 3.24. The van der Waals surface area contributed by atoms with Crippen LogP contribution in [0.1, 0.15) is 61.8 Å². The summed E-state index contributed by atoms with van der Waals surface area (Å²) in [5.41, 5.74) is 1.02. The lowest BCUT2D eigenvalue weighted by Gasteiger charge is -2.16. The van der Waals surface area contributed by atoms with Crippen molar-refractivity contribution in [1.29, 1.82) is 0 Å². The van der Waals surface area contributed by atoms with Gasteiger partial charge in [-0.25, -0.2) is 4.98 Å². The van der Waals surface area contributed by atoms with E-state index in [2.05, 4.69) is 19.7 Å². The summed E-state index contributed by atoms with van der Waals surface area (Å²) in [6.07, 6.45) is 3.91. The molecule has 1 atom stereocenters. The number of amides is 1. The van der Waals surface area contributed by atoms with Gasteiger partial charge >= 0.3 is 0 Å². The fourth-order valence-corrected chi connectivity index (χ4v) is 3.19. The van der Waals surface area contributed by atoms with Crippen molar-refractivity contribution in [3.05, 3.63) is 29.4 Å². The molecule has 1 saturated heterocycles. The van der Waals surface area contributed by atoms with Crippen molar-refractivity contribution in [3.8, 4) is 0 Å². The van der Waals surface area contributed by atoms with Crippen LogP contribution in [0.15, 0.2) is 10.7 Å². The molecule has 0 spiro atoms. The molecule has 1 aliphatic rings. The molecule has 0 N–H and O–H groups in total. The Kier molecular flexibility index (Phi) is 4.69. The fourth-order valence-electron chi connectivity index (χ4n) is 3.19. The van der Waals surface area contributed by atoms with E-state index < -0.39 is 0 Å². The summed E-state index contributed by atoms with van der Waals surface area (Å²) in [6.45, 7) is 7.56. The van der Waals surface area contributed by atoms with Gasteiger partial charge in [0, 0.05) is 51.0 Å². The number of carbonyl (C=O) groups is 1. The normalized spacial score (nSPS) is 17.9. The Balaban J connectivity index is 1.53. The van der Waals surface area contributed by atoms with Crippen LogP contribution in [0.4, 0.5) is 0 Å². The number of hydrogen-bond acceptors (Lipinski definition) is 5. The smallest absolute Gasteiger partial charge is 0.227 e. The first-order valence-electron chi connectivity index (χ1n) is 8.54. The zero-order valence-electron chi connectivity index (χ0n) is 14.8. The van der Waals surface area contributed by atoms with E-state index in [0.717, 1.165) is 31.0 Å². The van der Waals surface area contributed by atoms with Gasteiger partial charge in [0.1, 0.15) is 5.82 Å². The maximum atomic E-state index is 12.4. The minimum atomic E-state index is 0.146. The summed E-state index contributed by atoms with van der Waals surface area (Å²) in [7, 11) is 2.02. The number of rotatable bonds is 5. The summed E-state index contributed by atoms with van der Waals surface area (Å²) in [6, 6.07) is 0. The first-order chi connectivity index (χ1) is 11.4. The van der Waals surface area contributed by atoms with Crippen LogP contribution in [0, 0.1) is 6.92 Å².